The van der Waals surface area contributed by atoms with Gasteiger partial charge in [-0.2, -0.15) is 13.2 Å². The van der Waals surface area contributed by atoms with E-state index in [0.717, 1.165) is 5.69 Å². The molecule has 0 saturated heterocycles. The van der Waals surface area contributed by atoms with Gasteiger partial charge in [0, 0.05) is 12.7 Å². The van der Waals surface area contributed by atoms with E-state index in [-0.39, 0.29) is 13.1 Å². The Hall–Kier alpha value is -1.63. The predicted molar refractivity (Wildman–Crippen MR) is 64.4 cm³/mol. The first-order chi connectivity index (χ1) is 8.78. The highest BCUT2D eigenvalue weighted by Gasteiger charge is 2.26. The standard InChI is InChI=1S/C12H16F3N3O/c1-9-4-3-5-10(17-9)7-18(2)11(19)6-16-8-12(13,14)15/h3-5,16H,6-8H2,1-2H3. The van der Waals surface area contributed by atoms with Crippen LogP contribution in [0.2, 0.25) is 0 Å². The second-order valence-electron chi connectivity index (χ2n) is 4.24. The number of nitrogens with zero attached hydrogens (tertiary/aromatic N) is 2. The summed E-state index contributed by atoms with van der Waals surface area (Å²) in [7, 11) is 1.53. The number of rotatable bonds is 5. The number of amides is 1. The van der Waals surface area contributed by atoms with Crippen LogP contribution in [0.3, 0.4) is 0 Å². The van der Waals surface area contributed by atoms with E-state index in [2.05, 4.69) is 10.3 Å². The van der Waals surface area contributed by atoms with Crippen molar-refractivity contribution >= 4 is 5.91 Å². The zero-order chi connectivity index (χ0) is 14.5. The number of alkyl halides is 3. The molecular weight excluding hydrogens is 259 g/mol. The number of carbonyl (C=O) groups is 1. The topological polar surface area (TPSA) is 45.2 Å². The summed E-state index contributed by atoms with van der Waals surface area (Å²) < 4.78 is 35.7. The van der Waals surface area contributed by atoms with E-state index < -0.39 is 18.6 Å². The highest BCUT2D eigenvalue weighted by molar-refractivity contribution is 5.77. The first-order valence-electron chi connectivity index (χ1n) is 5.72. The fourth-order valence-corrected chi connectivity index (χ4v) is 1.46. The Morgan fingerprint density at radius 2 is 2.11 bits per heavy atom. The second-order valence-corrected chi connectivity index (χ2v) is 4.24. The number of pyridine rings is 1. The number of aryl methyl sites for hydroxylation is 1. The normalized spacial score (nSPS) is 11.4. The molecule has 1 aromatic rings. The van der Waals surface area contributed by atoms with E-state index in [1.807, 2.05) is 19.1 Å². The van der Waals surface area contributed by atoms with Crippen molar-refractivity contribution < 1.29 is 18.0 Å². The van der Waals surface area contributed by atoms with E-state index >= 15 is 0 Å². The molecule has 106 valence electrons. The van der Waals surface area contributed by atoms with Crippen LogP contribution < -0.4 is 5.32 Å². The average molecular weight is 275 g/mol. The van der Waals surface area contributed by atoms with Crippen molar-refractivity contribution in [3.63, 3.8) is 0 Å². The third-order valence-corrected chi connectivity index (χ3v) is 2.37. The molecule has 7 heteroatoms. The molecule has 1 aromatic heterocycles. The van der Waals surface area contributed by atoms with Crippen molar-refractivity contribution in [2.45, 2.75) is 19.6 Å². The van der Waals surface area contributed by atoms with Gasteiger partial charge in [0.15, 0.2) is 0 Å². The summed E-state index contributed by atoms with van der Waals surface area (Å²) in [6.07, 6.45) is -4.31. The molecule has 1 heterocycles. The number of hydrogen-bond acceptors (Lipinski definition) is 3. The predicted octanol–water partition coefficient (Wildman–Crippen LogP) is 1.50. The van der Waals surface area contributed by atoms with Gasteiger partial charge in [-0.1, -0.05) is 6.07 Å². The summed E-state index contributed by atoms with van der Waals surface area (Å²) in [5.41, 5.74) is 1.53. The van der Waals surface area contributed by atoms with Crippen molar-refractivity contribution in [2.75, 3.05) is 20.1 Å². The highest BCUT2D eigenvalue weighted by atomic mass is 19.4. The van der Waals surface area contributed by atoms with Gasteiger partial charge in [0.05, 0.1) is 25.3 Å². The molecule has 1 rings (SSSR count). The first-order valence-corrected chi connectivity index (χ1v) is 5.72. The summed E-state index contributed by atoms with van der Waals surface area (Å²) >= 11 is 0. The Morgan fingerprint density at radius 1 is 1.42 bits per heavy atom. The molecule has 0 bridgehead atoms. The van der Waals surface area contributed by atoms with Crippen LogP contribution in [0.5, 0.6) is 0 Å². The van der Waals surface area contributed by atoms with Crippen molar-refractivity contribution in [3.8, 4) is 0 Å². The van der Waals surface area contributed by atoms with E-state index in [0.29, 0.717) is 5.69 Å². The van der Waals surface area contributed by atoms with Crippen molar-refractivity contribution in [1.29, 1.82) is 0 Å². The smallest absolute Gasteiger partial charge is 0.339 e. The maximum Gasteiger partial charge on any atom is 0.401 e. The van der Waals surface area contributed by atoms with Crippen LogP contribution in [-0.2, 0) is 11.3 Å². The third-order valence-electron chi connectivity index (χ3n) is 2.37. The van der Waals surface area contributed by atoms with E-state index in [1.165, 1.54) is 11.9 Å². The molecule has 0 aliphatic rings. The van der Waals surface area contributed by atoms with Gasteiger partial charge in [-0.05, 0) is 19.1 Å². The van der Waals surface area contributed by atoms with Gasteiger partial charge in [-0.15, -0.1) is 0 Å². The number of nitrogens with one attached hydrogen (secondary N) is 1. The van der Waals surface area contributed by atoms with Crippen LogP contribution in [-0.4, -0.2) is 42.1 Å². The van der Waals surface area contributed by atoms with Gasteiger partial charge in [-0.25, -0.2) is 0 Å². The molecule has 0 saturated carbocycles. The van der Waals surface area contributed by atoms with Crippen molar-refractivity contribution in [2.24, 2.45) is 0 Å². The van der Waals surface area contributed by atoms with Crippen molar-refractivity contribution in [1.82, 2.24) is 15.2 Å². The summed E-state index contributed by atoms with van der Waals surface area (Å²) in [5, 5.41) is 2.07. The molecule has 1 N–H and O–H groups in total. The van der Waals surface area contributed by atoms with Crippen LogP contribution in [0.25, 0.3) is 0 Å². The lowest BCUT2D eigenvalue weighted by Crippen LogP contribution is -2.39. The lowest BCUT2D eigenvalue weighted by molar-refractivity contribution is -0.133. The molecule has 1 amide bonds. The van der Waals surface area contributed by atoms with Gasteiger partial charge in [0.2, 0.25) is 5.91 Å². The molecule has 0 unspecified atom stereocenters. The van der Waals surface area contributed by atoms with Crippen LogP contribution in [0.1, 0.15) is 11.4 Å². The van der Waals surface area contributed by atoms with E-state index in [9.17, 15) is 18.0 Å². The Morgan fingerprint density at radius 3 is 2.68 bits per heavy atom. The van der Waals surface area contributed by atoms with Gasteiger partial charge in [0.25, 0.3) is 0 Å². The number of aromatic nitrogens is 1. The van der Waals surface area contributed by atoms with Gasteiger partial charge in [-0.3, -0.25) is 9.78 Å². The molecule has 19 heavy (non-hydrogen) atoms. The Balaban J connectivity index is 2.41. The summed E-state index contributed by atoms with van der Waals surface area (Å²) in [6, 6.07) is 5.41. The minimum Gasteiger partial charge on any atom is -0.339 e. The quantitative estimate of drug-likeness (QED) is 0.885. The SMILES string of the molecule is Cc1cccc(CN(C)C(=O)CNCC(F)(F)F)n1. The number of likely N-dealkylation sites (N-methyl/N-ethyl adjacent to an activating group) is 1. The molecule has 0 fully saturated rings. The number of carbonyl (C=O) groups excluding carboxylic acids is 1. The maximum absolute atomic E-state index is 11.9. The summed E-state index contributed by atoms with van der Waals surface area (Å²) in [4.78, 5) is 17.1. The van der Waals surface area contributed by atoms with E-state index in [4.69, 9.17) is 0 Å². The number of hydrogen-bond donors (Lipinski definition) is 1. The minimum atomic E-state index is -4.31. The van der Waals surface area contributed by atoms with Crippen molar-refractivity contribution in [3.05, 3.63) is 29.6 Å². The number of halogens is 3. The van der Waals surface area contributed by atoms with Gasteiger partial charge < -0.3 is 10.2 Å². The molecular formula is C12H16F3N3O. The summed E-state index contributed by atoms with van der Waals surface area (Å²) in [5.74, 6) is -0.410. The van der Waals surface area contributed by atoms with Crippen LogP contribution >= 0.6 is 0 Å². The fraction of sp³-hybridized carbons (Fsp3) is 0.500. The molecule has 0 aliphatic carbocycles. The maximum atomic E-state index is 11.9. The highest BCUT2D eigenvalue weighted by Crippen LogP contribution is 2.12. The average Bonchev–Trinajstić information content (AvgIpc) is 2.27. The Bertz CT molecular complexity index is 434. The second kappa shape index (κ2) is 6.51. The summed E-state index contributed by atoms with van der Waals surface area (Å²) in [6.45, 7) is 0.585. The fourth-order valence-electron chi connectivity index (χ4n) is 1.46. The lowest BCUT2D eigenvalue weighted by atomic mass is 10.3. The first kappa shape index (κ1) is 15.4. The zero-order valence-electron chi connectivity index (χ0n) is 10.8. The molecule has 0 aromatic carbocycles. The lowest BCUT2D eigenvalue weighted by Gasteiger charge is -2.17. The van der Waals surface area contributed by atoms with Crippen LogP contribution in [0.15, 0.2) is 18.2 Å². The third kappa shape index (κ3) is 6.19. The largest absolute Gasteiger partial charge is 0.401 e. The van der Waals surface area contributed by atoms with E-state index in [1.54, 1.807) is 6.07 Å². The Labute approximate surface area is 109 Å². The van der Waals surface area contributed by atoms with Gasteiger partial charge in [0.1, 0.15) is 0 Å². The molecule has 0 atom stereocenters. The van der Waals surface area contributed by atoms with Crippen LogP contribution in [0.4, 0.5) is 13.2 Å². The van der Waals surface area contributed by atoms with Crippen LogP contribution in [0, 0.1) is 6.92 Å². The molecule has 0 spiro atoms. The zero-order valence-corrected chi connectivity index (χ0v) is 10.8. The molecule has 0 aliphatic heterocycles. The molecule has 4 nitrogen and oxygen atoms in total. The molecule has 0 radical (unpaired) electrons. The minimum absolute atomic E-state index is 0.272. The Kier molecular flexibility index (Phi) is 5.29. The monoisotopic (exact) mass is 275 g/mol. The van der Waals surface area contributed by atoms with Gasteiger partial charge >= 0.3 is 6.18 Å².